The third-order valence-electron chi connectivity index (χ3n) is 5.46. The number of amides is 1. The van der Waals surface area contributed by atoms with Crippen molar-refractivity contribution in [2.24, 2.45) is 0 Å². The first-order chi connectivity index (χ1) is 15.5. The van der Waals surface area contributed by atoms with Crippen molar-refractivity contribution in [2.45, 2.75) is 19.4 Å². The molecule has 2 heterocycles. The second kappa shape index (κ2) is 10.4. The van der Waals surface area contributed by atoms with E-state index < -0.39 is 0 Å². The number of carbonyl (C=O) groups excluding carboxylic acids is 1. The van der Waals surface area contributed by atoms with E-state index >= 15 is 0 Å². The van der Waals surface area contributed by atoms with Crippen LogP contribution >= 0.6 is 23.2 Å². The molecule has 1 amide bonds. The summed E-state index contributed by atoms with van der Waals surface area (Å²) in [6.45, 7) is 3.89. The van der Waals surface area contributed by atoms with Gasteiger partial charge >= 0.3 is 0 Å². The normalized spacial score (nSPS) is 13.9. The molecule has 6 nitrogen and oxygen atoms in total. The van der Waals surface area contributed by atoms with Gasteiger partial charge in [-0.3, -0.25) is 4.79 Å². The Labute approximate surface area is 197 Å². The average molecular weight is 474 g/mol. The van der Waals surface area contributed by atoms with Gasteiger partial charge in [0.25, 0.3) is 0 Å². The summed E-state index contributed by atoms with van der Waals surface area (Å²) >= 11 is 12.2. The van der Waals surface area contributed by atoms with Crippen molar-refractivity contribution in [1.82, 2.24) is 9.88 Å². The van der Waals surface area contributed by atoms with Gasteiger partial charge in [-0.15, -0.1) is 0 Å². The lowest BCUT2D eigenvalue weighted by Crippen LogP contribution is -2.36. The summed E-state index contributed by atoms with van der Waals surface area (Å²) < 4.78 is 11.2. The molecule has 1 fully saturated rings. The van der Waals surface area contributed by atoms with Gasteiger partial charge < -0.3 is 19.0 Å². The molecule has 4 rings (SSSR count). The van der Waals surface area contributed by atoms with E-state index in [9.17, 15) is 4.79 Å². The van der Waals surface area contributed by atoms with Crippen LogP contribution in [-0.2, 0) is 22.5 Å². The summed E-state index contributed by atoms with van der Waals surface area (Å²) in [7, 11) is 1.81. The Morgan fingerprint density at radius 3 is 2.59 bits per heavy atom. The zero-order valence-electron chi connectivity index (χ0n) is 17.9. The topological polar surface area (TPSA) is 58.8 Å². The molecule has 0 spiro atoms. The quantitative estimate of drug-likeness (QED) is 0.478. The highest BCUT2D eigenvalue weighted by molar-refractivity contribution is 6.36. The van der Waals surface area contributed by atoms with Gasteiger partial charge in [0.1, 0.15) is 0 Å². The Hall–Kier alpha value is -2.54. The van der Waals surface area contributed by atoms with Crippen LogP contribution in [0.15, 0.2) is 53.1 Å². The lowest BCUT2D eigenvalue weighted by Gasteiger charge is -2.29. The number of hydrogen-bond donors (Lipinski definition) is 0. The first-order valence-electron chi connectivity index (χ1n) is 10.6. The molecule has 3 aromatic rings. The van der Waals surface area contributed by atoms with Crippen LogP contribution in [0.4, 0.5) is 5.69 Å². The monoisotopic (exact) mass is 473 g/mol. The van der Waals surface area contributed by atoms with Crippen molar-refractivity contribution in [3.05, 3.63) is 70.2 Å². The van der Waals surface area contributed by atoms with Gasteiger partial charge in [0.15, 0.2) is 11.7 Å². The molecule has 1 aromatic heterocycles. The molecule has 1 aliphatic heterocycles. The number of ether oxygens (including phenoxy) is 1. The molecule has 32 heavy (non-hydrogen) atoms. The number of morpholine rings is 1. The van der Waals surface area contributed by atoms with Crippen LogP contribution in [0.3, 0.4) is 0 Å². The number of aryl methyl sites for hydroxylation is 1. The second-order valence-electron chi connectivity index (χ2n) is 7.76. The number of benzene rings is 2. The van der Waals surface area contributed by atoms with Gasteiger partial charge in [0.2, 0.25) is 5.91 Å². The third-order valence-corrected chi connectivity index (χ3v) is 6.01. The molecule has 168 valence electrons. The number of hydrogen-bond acceptors (Lipinski definition) is 5. The van der Waals surface area contributed by atoms with Gasteiger partial charge in [0, 0.05) is 55.8 Å². The van der Waals surface area contributed by atoms with E-state index in [1.165, 1.54) is 5.69 Å². The zero-order valence-corrected chi connectivity index (χ0v) is 19.4. The Bertz CT molecular complexity index is 1060. The molecule has 8 heteroatoms. The Kier molecular flexibility index (Phi) is 7.35. The number of oxazole rings is 1. The number of aromatic nitrogens is 1. The van der Waals surface area contributed by atoms with E-state index in [1.807, 2.05) is 7.05 Å². The number of halogens is 2. The minimum atomic E-state index is 0.0338. The van der Waals surface area contributed by atoms with Crippen molar-refractivity contribution in [3.8, 4) is 11.3 Å². The van der Waals surface area contributed by atoms with Gasteiger partial charge in [-0.2, -0.15) is 0 Å². The molecule has 0 atom stereocenters. The van der Waals surface area contributed by atoms with E-state index in [-0.39, 0.29) is 5.91 Å². The summed E-state index contributed by atoms with van der Waals surface area (Å²) in [5.74, 6) is 1.09. The predicted octanol–water partition coefficient (Wildman–Crippen LogP) is 5.08. The van der Waals surface area contributed by atoms with Crippen molar-refractivity contribution in [3.63, 3.8) is 0 Å². The van der Waals surface area contributed by atoms with Crippen LogP contribution < -0.4 is 4.90 Å². The first kappa shape index (κ1) is 22.6. The molecular weight excluding hydrogens is 449 g/mol. The number of carbonyl (C=O) groups is 1. The predicted molar refractivity (Wildman–Crippen MR) is 126 cm³/mol. The van der Waals surface area contributed by atoms with Crippen LogP contribution in [-0.4, -0.2) is 49.1 Å². The van der Waals surface area contributed by atoms with Crippen LogP contribution in [0.2, 0.25) is 10.0 Å². The lowest BCUT2D eigenvalue weighted by atomic mass is 10.1. The van der Waals surface area contributed by atoms with E-state index in [1.54, 1.807) is 29.3 Å². The van der Waals surface area contributed by atoms with E-state index in [2.05, 4.69) is 34.1 Å². The first-order valence-corrected chi connectivity index (χ1v) is 11.3. The number of nitrogens with zero attached hydrogens (tertiary/aromatic N) is 3. The highest BCUT2D eigenvalue weighted by atomic mass is 35.5. The Balaban J connectivity index is 1.29. The fourth-order valence-electron chi connectivity index (χ4n) is 3.64. The molecular formula is C24H25Cl2N3O3. The van der Waals surface area contributed by atoms with Crippen molar-refractivity contribution in [1.29, 1.82) is 0 Å². The second-order valence-corrected chi connectivity index (χ2v) is 8.60. The highest BCUT2D eigenvalue weighted by Gasteiger charge is 2.15. The van der Waals surface area contributed by atoms with Crippen LogP contribution in [0.25, 0.3) is 11.3 Å². The highest BCUT2D eigenvalue weighted by Crippen LogP contribution is 2.31. The van der Waals surface area contributed by atoms with Crippen LogP contribution in [0, 0.1) is 0 Å². The number of anilines is 1. The fourth-order valence-corrected chi connectivity index (χ4v) is 4.14. The van der Waals surface area contributed by atoms with Crippen molar-refractivity contribution >= 4 is 34.8 Å². The van der Waals surface area contributed by atoms with E-state index in [0.29, 0.717) is 41.1 Å². The Morgan fingerprint density at radius 1 is 1.12 bits per heavy atom. The van der Waals surface area contributed by atoms with E-state index in [4.69, 9.17) is 32.4 Å². The molecule has 0 bridgehead atoms. The zero-order chi connectivity index (χ0) is 22.5. The summed E-state index contributed by atoms with van der Waals surface area (Å²) in [4.78, 5) is 20.9. The maximum Gasteiger partial charge on any atom is 0.223 e. The number of rotatable bonds is 7. The molecule has 1 aliphatic rings. The molecule has 2 aromatic carbocycles. The SMILES string of the molecule is CN(Cc1ccc(N2CCOCC2)cc1)C(=O)CCc1ncc(-c2ccc(Cl)cc2Cl)o1. The van der Waals surface area contributed by atoms with Crippen LogP contribution in [0.1, 0.15) is 17.9 Å². The van der Waals surface area contributed by atoms with Crippen molar-refractivity contribution < 1.29 is 13.9 Å². The van der Waals surface area contributed by atoms with E-state index in [0.717, 1.165) is 37.4 Å². The van der Waals surface area contributed by atoms with Crippen molar-refractivity contribution in [2.75, 3.05) is 38.3 Å². The smallest absolute Gasteiger partial charge is 0.223 e. The van der Waals surface area contributed by atoms with Crippen LogP contribution in [0.5, 0.6) is 0 Å². The minimum Gasteiger partial charge on any atom is -0.441 e. The molecule has 0 saturated carbocycles. The lowest BCUT2D eigenvalue weighted by molar-refractivity contribution is -0.130. The van der Waals surface area contributed by atoms with Gasteiger partial charge in [0.05, 0.1) is 24.4 Å². The molecule has 0 unspecified atom stereocenters. The summed E-state index contributed by atoms with van der Waals surface area (Å²) in [5.41, 5.74) is 3.00. The molecule has 1 saturated heterocycles. The fraction of sp³-hybridized carbons (Fsp3) is 0.333. The third kappa shape index (κ3) is 5.63. The summed E-state index contributed by atoms with van der Waals surface area (Å²) in [5, 5.41) is 1.05. The van der Waals surface area contributed by atoms with Gasteiger partial charge in [-0.1, -0.05) is 35.3 Å². The largest absolute Gasteiger partial charge is 0.441 e. The minimum absolute atomic E-state index is 0.0338. The average Bonchev–Trinajstić information content (AvgIpc) is 3.27. The van der Waals surface area contributed by atoms with Gasteiger partial charge in [-0.05, 0) is 35.9 Å². The summed E-state index contributed by atoms with van der Waals surface area (Å²) in [6.07, 6.45) is 2.36. The van der Waals surface area contributed by atoms with Gasteiger partial charge in [-0.25, -0.2) is 4.98 Å². The standard InChI is InChI=1S/C24H25Cl2N3O3/c1-28(16-17-2-5-19(6-3-17)29-10-12-31-13-11-29)24(30)9-8-23-27-15-22(32-23)20-7-4-18(25)14-21(20)26/h2-7,14-15H,8-13,16H2,1H3. The molecule has 0 aliphatic carbocycles. The summed E-state index contributed by atoms with van der Waals surface area (Å²) in [6, 6.07) is 13.6. The Morgan fingerprint density at radius 2 is 1.88 bits per heavy atom. The maximum absolute atomic E-state index is 12.6. The molecule has 0 radical (unpaired) electrons. The maximum atomic E-state index is 12.6. The molecule has 0 N–H and O–H groups in total.